The van der Waals surface area contributed by atoms with Crippen LogP contribution in [-0.2, 0) is 11.3 Å². The maximum absolute atomic E-state index is 13.4. The van der Waals surface area contributed by atoms with Gasteiger partial charge in [-0.1, -0.05) is 30.3 Å². The van der Waals surface area contributed by atoms with Gasteiger partial charge < -0.3 is 19.5 Å². The van der Waals surface area contributed by atoms with Crippen LogP contribution in [0.3, 0.4) is 0 Å². The van der Waals surface area contributed by atoms with Crippen molar-refractivity contribution in [3.8, 4) is 11.3 Å². The molecule has 1 aromatic heterocycles. The number of nitrogens with zero attached hydrogens (tertiary/aromatic N) is 3. The molecule has 37 heavy (non-hydrogen) atoms. The quantitative estimate of drug-likeness (QED) is 0.326. The zero-order valence-electron chi connectivity index (χ0n) is 20.5. The summed E-state index contributed by atoms with van der Waals surface area (Å²) in [5.41, 5.74) is 4.70. The van der Waals surface area contributed by atoms with Gasteiger partial charge in [0.15, 0.2) is 4.80 Å². The minimum absolute atomic E-state index is 0.0777. The van der Waals surface area contributed by atoms with Crippen molar-refractivity contribution < 1.29 is 13.9 Å². The summed E-state index contributed by atoms with van der Waals surface area (Å²) in [6, 6.07) is 24.0. The molecular weight excluding hydrogens is 487 g/mol. The summed E-state index contributed by atoms with van der Waals surface area (Å²) >= 11 is 1.55. The number of carbonyl (C=O) groups is 1. The number of aromatic nitrogens is 1. The van der Waals surface area contributed by atoms with Crippen LogP contribution in [0, 0.1) is 5.82 Å². The summed E-state index contributed by atoms with van der Waals surface area (Å²) in [5, 5.41) is 5.11. The van der Waals surface area contributed by atoms with Gasteiger partial charge in [-0.05, 0) is 60.5 Å². The highest BCUT2D eigenvalue weighted by Crippen LogP contribution is 2.25. The van der Waals surface area contributed by atoms with E-state index >= 15 is 0 Å². The van der Waals surface area contributed by atoms with Crippen LogP contribution in [0.4, 0.5) is 15.8 Å². The van der Waals surface area contributed by atoms with Gasteiger partial charge in [0.1, 0.15) is 5.82 Å². The third-order valence-corrected chi connectivity index (χ3v) is 7.13. The van der Waals surface area contributed by atoms with Crippen LogP contribution >= 0.6 is 11.3 Å². The molecule has 190 valence electrons. The zero-order chi connectivity index (χ0) is 25.5. The number of ether oxygens (including phenoxy) is 1. The molecule has 0 unspecified atom stereocenters. The van der Waals surface area contributed by atoms with Gasteiger partial charge in [-0.15, -0.1) is 11.3 Å². The first kappa shape index (κ1) is 24.9. The molecule has 1 aliphatic heterocycles. The van der Waals surface area contributed by atoms with Gasteiger partial charge in [-0.2, -0.15) is 0 Å². The van der Waals surface area contributed by atoms with Gasteiger partial charge in [-0.3, -0.25) is 4.79 Å². The molecule has 4 aromatic rings. The standard InChI is InChI=1S/C29H29FN4O2S/c30-24-9-11-25(12-10-24)32-29-34(16-4-15-31-28(35)23-5-2-1-3-6-23)27(21-37-29)22-7-13-26(14-8-22)33-17-19-36-20-18-33/h1-3,5-14,21H,4,15-20H2,(H,31,35)/b32-29+. The van der Waals surface area contributed by atoms with Crippen LogP contribution in [0.5, 0.6) is 0 Å². The minimum atomic E-state index is -0.284. The molecule has 2 heterocycles. The summed E-state index contributed by atoms with van der Waals surface area (Å²) in [6.07, 6.45) is 0.741. The van der Waals surface area contributed by atoms with E-state index < -0.39 is 0 Å². The Kier molecular flexibility index (Phi) is 8.08. The maximum atomic E-state index is 13.4. The number of amides is 1. The Morgan fingerprint density at radius 3 is 2.43 bits per heavy atom. The lowest BCUT2D eigenvalue weighted by Crippen LogP contribution is -2.36. The van der Waals surface area contributed by atoms with Crippen molar-refractivity contribution in [2.45, 2.75) is 13.0 Å². The second kappa shape index (κ2) is 12.0. The van der Waals surface area contributed by atoms with E-state index in [2.05, 4.69) is 44.4 Å². The van der Waals surface area contributed by atoms with Crippen LogP contribution in [0.25, 0.3) is 11.3 Å². The van der Waals surface area contributed by atoms with Gasteiger partial charge in [0.05, 0.1) is 24.6 Å². The maximum Gasteiger partial charge on any atom is 0.251 e. The largest absolute Gasteiger partial charge is 0.378 e. The number of hydrogen-bond acceptors (Lipinski definition) is 5. The molecule has 1 amide bonds. The van der Waals surface area contributed by atoms with Gasteiger partial charge in [-0.25, -0.2) is 9.38 Å². The number of anilines is 1. The van der Waals surface area contributed by atoms with Gasteiger partial charge in [0.2, 0.25) is 0 Å². The molecule has 1 saturated heterocycles. The molecule has 0 aliphatic carbocycles. The third-order valence-electron chi connectivity index (χ3n) is 6.27. The van der Waals surface area contributed by atoms with Crippen LogP contribution in [-0.4, -0.2) is 43.3 Å². The fraction of sp³-hybridized carbons (Fsp3) is 0.241. The normalized spacial score (nSPS) is 14.1. The van der Waals surface area contributed by atoms with E-state index in [1.807, 2.05) is 18.2 Å². The van der Waals surface area contributed by atoms with E-state index in [4.69, 9.17) is 9.73 Å². The van der Waals surface area contributed by atoms with Crippen LogP contribution in [0.1, 0.15) is 16.8 Å². The number of rotatable bonds is 8. The summed E-state index contributed by atoms with van der Waals surface area (Å²) in [5.74, 6) is -0.362. The number of morpholine rings is 1. The van der Waals surface area contributed by atoms with Crippen LogP contribution in [0.2, 0.25) is 0 Å². The highest BCUT2D eigenvalue weighted by atomic mass is 32.1. The first-order chi connectivity index (χ1) is 18.2. The highest BCUT2D eigenvalue weighted by Gasteiger charge is 2.13. The monoisotopic (exact) mass is 516 g/mol. The third kappa shape index (κ3) is 6.34. The molecule has 0 atom stereocenters. The Bertz CT molecular complexity index is 1380. The Labute approximate surface area is 219 Å². The predicted octanol–water partition coefficient (Wildman–Crippen LogP) is 5.24. The Morgan fingerprint density at radius 1 is 0.973 bits per heavy atom. The van der Waals surface area contributed by atoms with Gasteiger partial charge in [0, 0.05) is 42.8 Å². The number of benzene rings is 3. The van der Waals surface area contributed by atoms with Crippen LogP contribution in [0.15, 0.2) is 89.2 Å². The molecule has 8 heteroatoms. The van der Waals surface area contributed by atoms with Gasteiger partial charge >= 0.3 is 0 Å². The molecule has 3 aromatic carbocycles. The Morgan fingerprint density at radius 2 is 1.70 bits per heavy atom. The fourth-order valence-electron chi connectivity index (χ4n) is 4.29. The summed E-state index contributed by atoms with van der Waals surface area (Å²) < 4.78 is 21.0. The van der Waals surface area contributed by atoms with E-state index in [0.717, 1.165) is 48.8 Å². The second-order valence-electron chi connectivity index (χ2n) is 8.77. The topological polar surface area (TPSA) is 58.9 Å². The zero-order valence-corrected chi connectivity index (χ0v) is 21.3. The summed E-state index contributed by atoms with van der Waals surface area (Å²) in [4.78, 5) is 20.4. The second-order valence-corrected chi connectivity index (χ2v) is 9.60. The van der Waals surface area contributed by atoms with Gasteiger partial charge in [0.25, 0.3) is 5.91 Å². The average Bonchev–Trinajstić information content (AvgIpc) is 3.35. The molecule has 0 saturated carbocycles. The number of carbonyl (C=O) groups excluding carboxylic acids is 1. The van der Waals surface area contributed by atoms with E-state index in [9.17, 15) is 9.18 Å². The van der Waals surface area contributed by atoms with Crippen molar-refractivity contribution in [1.29, 1.82) is 0 Å². The van der Waals surface area contributed by atoms with E-state index in [0.29, 0.717) is 24.3 Å². The molecule has 1 fully saturated rings. The summed E-state index contributed by atoms with van der Waals surface area (Å²) in [7, 11) is 0. The minimum Gasteiger partial charge on any atom is -0.378 e. The molecule has 0 spiro atoms. The van der Waals surface area contributed by atoms with Crippen LogP contribution < -0.4 is 15.0 Å². The number of halogens is 1. The lowest BCUT2D eigenvalue weighted by Gasteiger charge is -2.28. The highest BCUT2D eigenvalue weighted by molar-refractivity contribution is 7.07. The number of thiazole rings is 1. The smallest absolute Gasteiger partial charge is 0.251 e. The fourth-order valence-corrected chi connectivity index (χ4v) is 5.24. The molecule has 5 rings (SSSR count). The van der Waals surface area contributed by atoms with E-state index in [1.165, 1.54) is 17.8 Å². The lowest BCUT2D eigenvalue weighted by molar-refractivity contribution is 0.0952. The molecule has 0 bridgehead atoms. The summed E-state index contributed by atoms with van der Waals surface area (Å²) in [6.45, 7) is 4.52. The van der Waals surface area contributed by atoms with Crippen molar-refractivity contribution >= 4 is 28.6 Å². The molecule has 0 radical (unpaired) electrons. The number of hydrogen-bond donors (Lipinski definition) is 1. The SMILES string of the molecule is O=C(NCCCn1c(-c2ccc(N3CCOCC3)cc2)cs/c1=N/c1ccc(F)cc1)c1ccccc1. The van der Waals surface area contributed by atoms with Crippen molar-refractivity contribution in [2.24, 2.45) is 4.99 Å². The molecule has 6 nitrogen and oxygen atoms in total. The van der Waals surface area contributed by atoms with Crippen molar-refractivity contribution in [3.05, 3.63) is 100 Å². The first-order valence-corrected chi connectivity index (χ1v) is 13.3. The predicted molar refractivity (Wildman–Crippen MR) is 146 cm³/mol. The van der Waals surface area contributed by atoms with Crippen molar-refractivity contribution in [2.75, 3.05) is 37.7 Å². The average molecular weight is 517 g/mol. The first-order valence-electron chi connectivity index (χ1n) is 12.4. The molecule has 1 aliphatic rings. The lowest BCUT2D eigenvalue weighted by atomic mass is 10.1. The Hall–Kier alpha value is -3.75. The Balaban J connectivity index is 1.36. The van der Waals surface area contributed by atoms with Crippen molar-refractivity contribution in [1.82, 2.24) is 9.88 Å². The van der Waals surface area contributed by atoms with E-state index in [-0.39, 0.29) is 11.7 Å². The molecular formula is C29H29FN4O2S. The van der Waals surface area contributed by atoms with Crippen molar-refractivity contribution in [3.63, 3.8) is 0 Å². The molecule has 1 N–H and O–H groups in total. The number of nitrogens with one attached hydrogen (secondary N) is 1. The van der Waals surface area contributed by atoms with E-state index in [1.54, 1.807) is 35.6 Å².